The maximum Gasteiger partial charge on any atom is 1.00 e. The zero-order chi connectivity index (χ0) is 34.3. The molecule has 2 N–H and O–H groups in total. The van der Waals surface area contributed by atoms with Gasteiger partial charge in [0.05, 0.1) is 25.8 Å². The van der Waals surface area contributed by atoms with Gasteiger partial charge in [-0.05, 0) is 66.1 Å². The van der Waals surface area contributed by atoms with Crippen LogP contribution in [0.1, 0.15) is 11.1 Å². The smallest absolute Gasteiger partial charge is 0.778 e. The Morgan fingerprint density at radius 2 is 1.34 bits per heavy atom. The molecule has 252 valence electrons. The zero-order valence-electron chi connectivity index (χ0n) is 27.5. The predicted octanol–water partition coefficient (Wildman–Crippen LogP) is -1.54. The van der Waals surface area contributed by atoms with E-state index in [1.54, 1.807) is 49.7 Å². The normalized spacial score (nSPS) is 15.0. The van der Waals surface area contributed by atoms with E-state index in [2.05, 4.69) is 5.10 Å². The standard InChI is InChI=1S/C31H32N3O10P3S.2Na/c1-33(45(48)44-26-16-10-23(11-17-26)18-19-34(21-46(35,36)37)22-47(38,39)40)32-20-24-12-14-25(15-13-24)41-31-42-29-8-4-2-6-27(29)28-7-3-5-9-30(28)43-31;;/h2-17,20,31H,18-19,21-22H2,1H3,(H3-,35,36,37,38,39,40);;/q;2*+1/p-1/b32-20+;;. The SMILES string of the molecule is CN(/N=C/c1ccc(OC2Oc3ccccc3-c3ccccc3O2)cc1)[P+](=S)Oc1ccc(CCN(CP(=O)([O-])O)CP(=O)([O-])O)cc1.[Na+].[Na+]. The molecule has 0 spiro atoms. The Balaban J connectivity index is 0.00000338. The van der Waals surface area contributed by atoms with Gasteiger partial charge in [0.25, 0.3) is 0 Å². The molecule has 0 amide bonds. The molecule has 0 bridgehead atoms. The molecule has 13 nitrogen and oxygen atoms in total. The summed E-state index contributed by atoms with van der Waals surface area (Å²) in [4.78, 5) is 41.6. The minimum atomic E-state index is -4.77. The Kier molecular flexibility index (Phi) is 16.6. The Morgan fingerprint density at radius 3 is 1.86 bits per heavy atom. The zero-order valence-corrected chi connectivity index (χ0v) is 35.0. The first-order chi connectivity index (χ1) is 22.8. The van der Waals surface area contributed by atoms with Gasteiger partial charge in [-0.15, -0.1) is 5.10 Å². The Labute approximate surface area is 340 Å². The predicted molar refractivity (Wildman–Crippen MR) is 180 cm³/mol. The van der Waals surface area contributed by atoms with Crippen molar-refractivity contribution in [2.75, 3.05) is 26.2 Å². The fourth-order valence-electron chi connectivity index (χ4n) is 4.64. The van der Waals surface area contributed by atoms with E-state index in [4.69, 9.17) is 40.3 Å². The number of rotatable bonds is 14. The van der Waals surface area contributed by atoms with Crippen molar-refractivity contribution in [3.8, 4) is 34.1 Å². The van der Waals surface area contributed by atoms with Crippen LogP contribution < -0.4 is 87.6 Å². The molecule has 0 aromatic heterocycles. The van der Waals surface area contributed by atoms with E-state index < -0.39 is 41.3 Å². The van der Waals surface area contributed by atoms with Crippen LogP contribution in [0.3, 0.4) is 0 Å². The van der Waals surface area contributed by atoms with Gasteiger partial charge in [0.2, 0.25) is 11.8 Å². The van der Waals surface area contributed by atoms with Crippen molar-refractivity contribution in [2.45, 2.75) is 12.9 Å². The van der Waals surface area contributed by atoms with Gasteiger partial charge < -0.3 is 42.9 Å². The van der Waals surface area contributed by atoms with Crippen molar-refractivity contribution in [2.24, 2.45) is 5.10 Å². The van der Waals surface area contributed by atoms with Gasteiger partial charge >= 0.3 is 72.7 Å². The first-order valence-electron chi connectivity index (χ1n) is 14.4. The van der Waals surface area contributed by atoms with Crippen molar-refractivity contribution in [3.05, 3.63) is 108 Å². The fraction of sp³-hybridized carbons (Fsp3) is 0.194. The fourth-order valence-corrected chi connectivity index (χ4v) is 7.24. The Morgan fingerprint density at radius 1 is 0.840 bits per heavy atom. The van der Waals surface area contributed by atoms with Crippen LogP contribution in [0.5, 0.6) is 23.0 Å². The maximum absolute atomic E-state index is 11.2. The third kappa shape index (κ3) is 13.4. The van der Waals surface area contributed by atoms with Crippen LogP contribution >= 0.6 is 22.3 Å². The van der Waals surface area contributed by atoms with Crippen molar-refractivity contribution in [3.63, 3.8) is 0 Å². The third-order valence-corrected chi connectivity index (χ3v) is 10.2. The summed E-state index contributed by atoms with van der Waals surface area (Å²) in [6, 6.07) is 29.3. The van der Waals surface area contributed by atoms with Gasteiger partial charge in [-0.25, -0.2) is 0 Å². The molecule has 1 heterocycles. The van der Waals surface area contributed by atoms with Crippen LogP contribution in [0, 0.1) is 0 Å². The quantitative estimate of drug-likeness (QED) is 0.0654. The summed E-state index contributed by atoms with van der Waals surface area (Å²) < 4.78 is 47.9. The average molecular weight is 777 g/mol. The van der Waals surface area contributed by atoms with Gasteiger partial charge in [-0.1, -0.05) is 53.3 Å². The van der Waals surface area contributed by atoms with Crippen LogP contribution in [0.2, 0.25) is 0 Å². The van der Waals surface area contributed by atoms with E-state index in [-0.39, 0.29) is 72.1 Å². The van der Waals surface area contributed by atoms with Gasteiger partial charge in [0, 0.05) is 17.7 Å². The first-order valence-corrected chi connectivity index (χ1v) is 20.1. The molecular weight excluding hydrogens is 745 g/mol. The molecule has 1 aliphatic rings. The molecular formula is C31H31N3Na2O10P3S+. The molecule has 0 saturated heterocycles. The molecule has 50 heavy (non-hydrogen) atoms. The molecule has 4 aromatic carbocycles. The minimum Gasteiger partial charge on any atom is -0.778 e. The number of hydrogen-bond donors (Lipinski definition) is 2. The van der Waals surface area contributed by atoms with Crippen molar-refractivity contribution >= 4 is 40.3 Å². The van der Waals surface area contributed by atoms with Crippen LogP contribution in [-0.2, 0) is 27.4 Å². The number of para-hydroxylation sites is 2. The number of benzene rings is 4. The van der Waals surface area contributed by atoms with Gasteiger partial charge in [-0.2, -0.15) is 0 Å². The van der Waals surface area contributed by atoms with Crippen LogP contribution in [-0.4, -0.2) is 58.3 Å². The van der Waals surface area contributed by atoms with Crippen molar-refractivity contribution < 1.29 is 107 Å². The maximum atomic E-state index is 11.2. The van der Waals surface area contributed by atoms with Gasteiger partial charge in [0.15, 0.2) is 5.75 Å². The molecule has 4 aromatic rings. The second-order valence-electron chi connectivity index (χ2n) is 10.6. The molecule has 3 unspecified atom stereocenters. The van der Waals surface area contributed by atoms with E-state index in [1.165, 1.54) is 4.78 Å². The molecule has 0 fully saturated rings. The first kappa shape index (κ1) is 42.7. The molecule has 0 aliphatic carbocycles. The van der Waals surface area contributed by atoms with Crippen LogP contribution in [0.25, 0.3) is 11.1 Å². The number of fused-ring (bicyclic) bond motifs is 3. The molecule has 19 heteroatoms. The third-order valence-electron chi connectivity index (χ3n) is 6.81. The number of hydrazone groups is 1. The van der Waals surface area contributed by atoms with Crippen LogP contribution in [0.4, 0.5) is 0 Å². The summed E-state index contributed by atoms with van der Waals surface area (Å²) in [6.45, 7) is -1.04. The molecule has 0 radical (unpaired) electrons. The van der Waals surface area contributed by atoms with E-state index >= 15 is 0 Å². The summed E-state index contributed by atoms with van der Waals surface area (Å²) in [6.07, 6.45) is 0.0806. The van der Waals surface area contributed by atoms with E-state index in [1.807, 2.05) is 60.7 Å². The second kappa shape index (κ2) is 19.4. The molecule has 3 atom stereocenters. The largest absolute Gasteiger partial charge is 1.00 e. The topological polar surface area (TPSA) is 176 Å². The van der Waals surface area contributed by atoms with E-state index in [9.17, 15) is 18.9 Å². The Hall–Kier alpha value is -1.67. The van der Waals surface area contributed by atoms with Gasteiger partial charge in [0.1, 0.15) is 32.4 Å². The van der Waals surface area contributed by atoms with E-state index in [0.717, 1.165) is 27.2 Å². The summed E-state index contributed by atoms with van der Waals surface area (Å²) in [7, 11) is -9.42. The Bertz CT molecular complexity index is 1790. The minimum absolute atomic E-state index is 0. The number of hydrogen-bond acceptors (Lipinski definition) is 11. The molecule has 0 saturated carbocycles. The summed E-state index contributed by atoms with van der Waals surface area (Å²) in [5.74, 6) is 2.31. The summed E-state index contributed by atoms with van der Waals surface area (Å²) in [5.41, 5.74) is 3.35. The summed E-state index contributed by atoms with van der Waals surface area (Å²) in [5, 5.41) is 4.40. The van der Waals surface area contributed by atoms with Gasteiger partial charge in [-0.3, -0.25) is 9.42 Å². The van der Waals surface area contributed by atoms with E-state index in [0.29, 0.717) is 23.0 Å². The molecule has 1 aliphatic heterocycles. The van der Waals surface area contributed by atoms with Crippen molar-refractivity contribution in [1.29, 1.82) is 0 Å². The number of ether oxygens (including phenoxy) is 3. The van der Waals surface area contributed by atoms with Crippen molar-refractivity contribution in [1.82, 2.24) is 9.68 Å². The second-order valence-corrected chi connectivity index (χ2v) is 15.9. The monoisotopic (exact) mass is 776 g/mol. The van der Waals surface area contributed by atoms with Crippen LogP contribution in [0.15, 0.2) is 102 Å². The molecule has 5 rings (SSSR count). The average Bonchev–Trinajstić information content (AvgIpc) is 3.18. The number of nitrogens with zero attached hydrogens (tertiary/aromatic N) is 3. The summed E-state index contributed by atoms with van der Waals surface area (Å²) >= 11 is 5.50.